The second-order valence-electron chi connectivity index (χ2n) is 6.08. The zero-order valence-electron chi connectivity index (χ0n) is 15.9. The van der Waals surface area contributed by atoms with Gasteiger partial charge < -0.3 is 26.2 Å². The number of carbonyl (C=O) groups excluding carboxylic acids is 1. The maximum absolute atomic E-state index is 11.7. The van der Waals surface area contributed by atoms with Gasteiger partial charge in [-0.05, 0) is 17.4 Å². The Kier molecular flexibility index (Phi) is 5.84. The van der Waals surface area contributed by atoms with Crippen LogP contribution in [0.25, 0.3) is 0 Å². The molecule has 2 aliphatic rings. The van der Waals surface area contributed by atoms with Crippen molar-refractivity contribution in [3.05, 3.63) is 29.7 Å². The first-order valence-corrected chi connectivity index (χ1v) is 8.86. The minimum atomic E-state index is -0.390. The molecule has 28 heavy (non-hydrogen) atoms. The maximum atomic E-state index is 11.7. The summed E-state index contributed by atoms with van der Waals surface area (Å²) in [5.41, 5.74) is 6.89. The van der Waals surface area contributed by atoms with Crippen LogP contribution >= 0.6 is 0 Å². The Morgan fingerprint density at radius 1 is 1.39 bits per heavy atom. The molecule has 1 saturated heterocycles. The van der Waals surface area contributed by atoms with E-state index in [0.717, 1.165) is 26.2 Å². The molecule has 0 atom stereocenters. The summed E-state index contributed by atoms with van der Waals surface area (Å²) in [5, 5.41) is 22.2. The van der Waals surface area contributed by atoms with Crippen LogP contribution in [-0.2, 0) is 0 Å². The minimum Gasteiger partial charge on any atom is -0.383 e. The Bertz CT molecular complexity index is 818. The van der Waals surface area contributed by atoms with Crippen molar-refractivity contribution in [1.29, 1.82) is 0 Å². The number of aromatic amines is 1. The first-order valence-electron chi connectivity index (χ1n) is 8.86. The number of hydrogen-bond acceptors (Lipinski definition) is 9. The molecule has 0 saturated carbocycles. The summed E-state index contributed by atoms with van der Waals surface area (Å²) < 4.78 is 0. The van der Waals surface area contributed by atoms with Crippen LogP contribution in [-0.4, -0.2) is 87.9 Å². The molecule has 2 amide bonds. The number of likely N-dealkylation sites (N-methyl/N-ethyl adjacent to an activating group) is 1. The summed E-state index contributed by atoms with van der Waals surface area (Å²) in [7, 11) is 1.76. The molecule has 1 aromatic rings. The molecule has 13 nitrogen and oxygen atoms in total. The Morgan fingerprint density at radius 2 is 2.14 bits per heavy atom. The largest absolute Gasteiger partial charge is 0.383 e. The number of nitrogens with one attached hydrogen (secondary N) is 4. The van der Waals surface area contributed by atoms with Crippen molar-refractivity contribution in [1.82, 2.24) is 46.4 Å². The quantitative estimate of drug-likeness (QED) is 0.391. The third kappa shape index (κ3) is 4.09. The fourth-order valence-corrected chi connectivity index (χ4v) is 2.80. The molecule has 1 aromatic heterocycles. The number of aliphatic imine (C=N–C) groups is 2. The van der Waals surface area contributed by atoms with E-state index in [1.54, 1.807) is 11.9 Å². The van der Waals surface area contributed by atoms with Crippen molar-refractivity contribution in [2.24, 2.45) is 15.7 Å². The van der Waals surface area contributed by atoms with Crippen molar-refractivity contribution >= 4 is 17.7 Å². The van der Waals surface area contributed by atoms with Crippen molar-refractivity contribution in [3.63, 3.8) is 0 Å². The molecule has 2 aliphatic heterocycles. The molecule has 0 radical (unpaired) electrons. The summed E-state index contributed by atoms with van der Waals surface area (Å²) in [5.74, 6) is 1.92. The summed E-state index contributed by atoms with van der Waals surface area (Å²) >= 11 is 0. The van der Waals surface area contributed by atoms with Gasteiger partial charge in [-0.25, -0.2) is 19.9 Å². The van der Waals surface area contributed by atoms with Gasteiger partial charge in [0.2, 0.25) is 5.82 Å². The first-order chi connectivity index (χ1) is 13.5. The highest BCUT2D eigenvalue weighted by Gasteiger charge is 2.32. The van der Waals surface area contributed by atoms with Gasteiger partial charge >= 0.3 is 6.03 Å². The lowest BCUT2D eigenvalue weighted by molar-refractivity contribution is 0.244. The van der Waals surface area contributed by atoms with E-state index in [-0.39, 0.29) is 5.82 Å². The molecular weight excluding hydrogens is 364 g/mol. The molecule has 0 spiro atoms. The number of rotatable bonds is 5. The Morgan fingerprint density at radius 3 is 2.79 bits per heavy atom. The highest BCUT2D eigenvalue weighted by atomic mass is 16.2. The summed E-state index contributed by atoms with van der Waals surface area (Å²) in [6, 6.07) is -0.390. The Hall–Kier alpha value is -3.48. The van der Waals surface area contributed by atoms with Crippen LogP contribution in [0, 0.1) is 0 Å². The van der Waals surface area contributed by atoms with Crippen LogP contribution in [0.4, 0.5) is 4.79 Å². The predicted molar refractivity (Wildman–Crippen MR) is 103 cm³/mol. The van der Waals surface area contributed by atoms with E-state index in [9.17, 15) is 4.79 Å². The molecule has 6 N–H and O–H groups in total. The average molecular weight is 388 g/mol. The second-order valence-corrected chi connectivity index (χ2v) is 6.08. The van der Waals surface area contributed by atoms with E-state index < -0.39 is 6.03 Å². The number of aromatic nitrogens is 4. The summed E-state index contributed by atoms with van der Waals surface area (Å²) in [6.45, 7) is 9.25. The second kappa shape index (κ2) is 8.47. The first kappa shape index (κ1) is 19.3. The molecule has 3 rings (SSSR count). The molecule has 0 bridgehead atoms. The number of amidine groups is 2. The lowest BCUT2D eigenvalue weighted by atomic mass is 10.3. The molecule has 0 unspecified atom stereocenters. The van der Waals surface area contributed by atoms with Crippen molar-refractivity contribution < 1.29 is 4.79 Å². The topological polar surface area (TPSA) is 165 Å². The van der Waals surface area contributed by atoms with Crippen molar-refractivity contribution in [2.75, 3.05) is 39.8 Å². The number of H-pyrrole nitrogens is 1. The van der Waals surface area contributed by atoms with Gasteiger partial charge in [0.25, 0.3) is 0 Å². The summed E-state index contributed by atoms with van der Waals surface area (Å²) in [4.78, 5) is 24.5. The fraction of sp³-hybridized carbons (Fsp3) is 0.467. The number of amides is 2. The van der Waals surface area contributed by atoms with Crippen LogP contribution in [0.15, 0.2) is 33.9 Å². The van der Waals surface area contributed by atoms with Crippen LogP contribution in [0.5, 0.6) is 0 Å². The van der Waals surface area contributed by atoms with E-state index in [1.165, 1.54) is 0 Å². The molecular formula is C15H24N12O. The van der Waals surface area contributed by atoms with Gasteiger partial charge in [-0.2, -0.15) is 0 Å². The molecule has 3 heterocycles. The standard InChI is InChI=1S/C15H24N12O/c1-4-18-15(28)20-9(2)19-13-10(11(16)27-7-5-17-6-8-27)21-14(26(13)3)12-22-24-25-23-12/h17H,2,4-8,16H2,1,3H3,(H2,18,20,28)(H,22,23,24,25)/b11-10-,19-13+. The predicted octanol–water partition coefficient (Wildman–Crippen LogP) is -1.89. The molecule has 150 valence electrons. The number of nitrogens with two attached hydrogens (primary N) is 1. The van der Waals surface area contributed by atoms with Crippen LogP contribution in [0.2, 0.25) is 0 Å². The fourth-order valence-electron chi connectivity index (χ4n) is 2.80. The molecule has 1 fully saturated rings. The smallest absolute Gasteiger partial charge is 0.320 e. The normalized spacial score (nSPS) is 20.2. The van der Waals surface area contributed by atoms with Gasteiger partial charge in [-0.3, -0.25) is 5.32 Å². The molecule has 13 heteroatoms. The van der Waals surface area contributed by atoms with Crippen molar-refractivity contribution in [3.8, 4) is 0 Å². The zero-order valence-corrected chi connectivity index (χ0v) is 15.9. The number of hydrogen-bond donors (Lipinski definition) is 5. The van der Waals surface area contributed by atoms with Crippen LogP contribution < -0.4 is 21.7 Å². The van der Waals surface area contributed by atoms with Crippen LogP contribution in [0.3, 0.4) is 0 Å². The van der Waals surface area contributed by atoms with E-state index in [2.05, 4.69) is 53.1 Å². The molecule has 0 aromatic carbocycles. The SMILES string of the molecule is C=C(/N=C1\C(=C(/N)N2CCNCC2)N=C(c2nnn[nH]2)N1C)NC(=O)NCC. The van der Waals surface area contributed by atoms with E-state index >= 15 is 0 Å². The maximum Gasteiger partial charge on any atom is 0.320 e. The lowest BCUT2D eigenvalue weighted by Gasteiger charge is -2.30. The third-order valence-corrected chi connectivity index (χ3v) is 4.16. The number of tetrazole rings is 1. The number of piperazine rings is 1. The number of nitrogens with zero attached hydrogens (tertiary/aromatic N) is 7. The average Bonchev–Trinajstić information content (AvgIpc) is 3.31. The highest BCUT2D eigenvalue weighted by Crippen LogP contribution is 2.21. The highest BCUT2D eigenvalue weighted by molar-refractivity contribution is 6.19. The van der Waals surface area contributed by atoms with Gasteiger partial charge in [0.05, 0.1) is 0 Å². The lowest BCUT2D eigenvalue weighted by Crippen LogP contribution is -2.45. The van der Waals surface area contributed by atoms with Gasteiger partial charge in [-0.1, -0.05) is 6.58 Å². The Balaban J connectivity index is 1.94. The van der Waals surface area contributed by atoms with Crippen molar-refractivity contribution in [2.45, 2.75) is 6.92 Å². The van der Waals surface area contributed by atoms with E-state index in [1.807, 2.05) is 11.8 Å². The number of carbonyl (C=O) groups is 1. The minimum absolute atomic E-state index is 0.158. The van der Waals surface area contributed by atoms with Gasteiger partial charge in [-0.15, -0.1) is 5.10 Å². The monoisotopic (exact) mass is 388 g/mol. The van der Waals surface area contributed by atoms with Crippen LogP contribution in [0.1, 0.15) is 12.7 Å². The van der Waals surface area contributed by atoms with Gasteiger partial charge in [0, 0.05) is 39.8 Å². The van der Waals surface area contributed by atoms with E-state index in [0.29, 0.717) is 35.6 Å². The number of urea groups is 1. The van der Waals surface area contributed by atoms with Gasteiger partial charge in [0.1, 0.15) is 17.3 Å². The molecule has 0 aliphatic carbocycles. The third-order valence-electron chi connectivity index (χ3n) is 4.16. The Labute approximate surface area is 161 Å². The van der Waals surface area contributed by atoms with Gasteiger partial charge in [0.15, 0.2) is 11.7 Å². The zero-order chi connectivity index (χ0) is 20.1. The summed E-state index contributed by atoms with van der Waals surface area (Å²) in [6.07, 6.45) is 0. The van der Waals surface area contributed by atoms with E-state index in [4.69, 9.17) is 5.73 Å².